The molecular formula is C13H28N2O. The van der Waals surface area contributed by atoms with E-state index in [1.165, 1.54) is 19.3 Å². The molecule has 0 bridgehead atoms. The molecule has 16 heavy (non-hydrogen) atoms. The third kappa shape index (κ3) is 3.19. The first-order chi connectivity index (χ1) is 7.54. The maximum atomic E-state index is 6.03. The predicted octanol–water partition coefficient (Wildman–Crippen LogP) is 1.86. The van der Waals surface area contributed by atoms with Crippen LogP contribution in [0.1, 0.15) is 39.5 Å². The summed E-state index contributed by atoms with van der Waals surface area (Å²) in [6, 6.07) is 0. The summed E-state index contributed by atoms with van der Waals surface area (Å²) in [6.45, 7) is 6.39. The van der Waals surface area contributed by atoms with Crippen LogP contribution in [0.4, 0.5) is 0 Å². The van der Waals surface area contributed by atoms with E-state index in [0.29, 0.717) is 12.0 Å². The molecule has 3 heteroatoms. The number of methoxy groups -OCH3 is 1. The van der Waals surface area contributed by atoms with Crippen LogP contribution in [-0.4, -0.2) is 43.8 Å². The highest BCUT2D eigenvalue weighted by Gasteiger charge is 2.38. The van der Waals surface area contributed by atoms with Crippen LogP contribution >= 0.6 is 0 Å². The average molecular weight is 228 g/mol. The van der Waals surface area contributed by atoms with Crippen molar-refractivity contribution in [1.29, 1.82) is 0 Å². The Morgan fingerprint density at radius 3 is 2.69 bits per heavy atom. The van der Waals surface area contributed by atoms with Gasteiger partial charge in [-0.25, -0.2) is 0 Å². The third-order valence-corrected chi connectivity index (χ3v) is 3.94. The van der Waals surface area contributed by atoms with Gasteiger partial charge in [0.1, 0.15) is 0 Å². The van der Waals surface area contributed by atoms with Crippen LogP contribution in [0.3, 0.4) is 0 Å². The monoisotopic (exact) mass is 228 g/mol. The van der Waals surface area contributed by atoms with Crippen molar-refractivity contribution in [2.24, 2.45) is 11.7 Å². The van der Waals surface area contributed by atoms with Crippen LogP contribution in [0, 0.1) is 5.92 Å². The number of rotatable bonds is 5. The van der Waals surface area contributed by atoms with E-state index in [-0.39, 0.29) is 5.54 Å². The molecule has 0 aromatic heterocycles. The molecule has 2 N–H and O–H groups in total. The van der Waals surface area contributed by atoms with Crippen molar-refractivity contribution in [2.45, 2.75) is 51.2 Å². The van der Waals surface area contributed by atoms with E-state index < -0.39 is 0 Å². The highest BCUT2D eigenvalue weighted by Crippen LogP contribution is 2.33. The Morgan fingerprint density at radius 2 is 2.19 bits per heavy atom. The van der Waals surface area contributed by atoms with Gasteiger partial charge in [-0.3, -0.25) is 4.90 Å². The van der Waals surface area contributed by atoms with Crippen molar-refractivity contribution in [1.82, 2.24) is 4.90 Å². The van der Waals surface area contributed by atoms with Crippen molar-refractivity contribution in [3.8, 4) is 0 Å². The van der Waals surface area contributed by atoms with Crippen LogP contribution in [0.2, 0.25) is 0 Å². The second-order valence-electron chi connectivity index (χ2n) is 5.66. The van der Waals surface area contributed by atoms with Gasteiger partial charge in [-0.2, -0.15) is 0 Å². The van der Waals surface area contributed by atoms with Gasteiger partial charge >= 0.3 is 0 Å². The number of hydrogen-bond donors (Lipinski definition) is 1. The SMILES string of the molecule is COC1CCCC(CN)(N(C)CC(C)C)C1. The molecule has 0 saturated heterocycles. The molecule has 1 saturated carbocycles. The molecule has 0 aromatic rings. The van der Waals surface area contributed by atoms with Crippen molar-refractivity contribution < 1.29 is 4.74 Å². The minimum atomic E-state index is 0.170. The lowest BCUT2D eigenvalue weighted by Gasteiger charge is -2.47. The third-order valence-electron chi connectivity index (χ3n) is 3.94. The van der Waals surface area contributed by atoms with Crippen LogP contribution in [0.15, 0.2) is 0 Å². The Morgan fingerprint density at radius 1 is 1.50 bits per heavy atom. The van der Waals surface area contributed by atoms with E-state index in [1.54, 1.807) is 0 Å². The highest BCUT2D eigenvalue weighted by molar-refractivity contribution is 4.96. The first-order valence-electron chi connectivity index (χ1n) is 6.48. The molecule has 3 nitrogen and oxygen atoms in total. The Balaban J connectivity index is 2.67. The van der Waals surface area contributed by atoms with E-state index in [2.05, 4.69) is 25.8 Å². The van der Waals surface area contributed by atoms with Crippen LogP contribution in [0.5, 0.6) is 0 Å². The largest absolute Gasteiger partial charge is 0.381 e. The fourth-order valence-electron chi connectivity index (χ4n) is 2.92. The Hall–Kier alpha value is -0.120. The predicted molar refractivity (Wildman–Crippen MR) is 68.5 cm³/mol. The van der Waals surface area contributed by atoms with Gasteiger partial charge < -0.3 is 10.5 Å². The molecule has 0 radical (unpaired) electrons. The van der Waals surface area contributed by atoms with E-state index in [4.69, 9.17) is 10.5 Å². The number of likely N-dealkylation sites (N-methyl/N-ethyl adjacent to an activating group) is 1. The summed E-state index contributed by atoms with van der Waals surface area (Å²) in [5.41, 5.74) is 6.20. The van der Waals surface area contributed by atoms with Crippen molar-refractivity contribution >= 4 is 0 Å². The first-order valence-corrected chi connectivity index (χ1v) is 6.48. The van der Waals surface area contributed by atoms with E-state index in [9.17, 15) is 0 Å². The van der Waals surface area contributed by atoms with Gasteiger partial charge in [0.05, 0.1) is 6.10 Å². The lowest BCUT2D eigenvalue weighted by molar-refractivity contribution is -0.0153. The van der Waals surface area contributed by atoms with Crippen molar-refractivity contribution in [3.63, 3.8) is 0 Å². The molecule has 96 valence electrons. The van der Waals surface area contributed by atoms with Crippen LogP contribution in [0.25, 0.3) is 0 Å². The summed E-state index contributed by atoms with van der Waals surface area (Å²) < 4.78 is 5.52. The summed E-state index contributed by atoms with van der Waals surface area (Å²) in [5, 5.41) is 0. The zero-order chi connectivity index (χ0) is 12.2. The topological polar surface area (TPSA) is 38.5 Å². The fraction of sp³-hybridized carbons (Fsp3) is 1.00. The van der Waals surface area contributed by atoms with Gasteiger partial charge in [-0.15, -0.1) is 0 Å². The average Bonchev–Trinajstić information content (AvgIpc) is 2.28. The maximum Gasteiger partial charge on any atom is 0.0589 e. The Bertz CT molecular complexity index is 208. The molecule has 0 amide bonds. The summed E-state index contributed by atoms with van der Waals surface area (Å²) >= 11 is 0. The molecule has 1 aliphatic rings. The number of nitrogens with zero attached hydrogens (tertiary/aromatic N) is 1. The Labute approximate surface area is 100 Å². The smallest absolute Gasteiger partial charge is 0.0589 e. The molecule has 1 fully saturated rings. The van der Waals surface area contributed by atoms with Gasteiger partial charge in [0, 0.05) is 25.7 Å². The summed E-state index contributed by atoms with van der Waals surface area (Å²) in [4.78, 5) is 2.46. The normalized spacial score (nSPS) is 31.3. The molecule has 2 unspecified atom stereocenters. The van der Waals surface area contributed by atoms with Crippen molar-refractivity contribution in [3.05, 3.63) is 0 Å². The van der Waals surface area contributed by atoms with E-state index >= 15 is 0 Å². The molecular weight excluding hydrogens is 200 g/mol. The molecule has 1 rings (SSSR count). The minimum absolute atomic E-state index is 0.170. The van der Waals surface area contributed by atoms with E-state index in [1.807, 2.05) is 7.11 Å². The molecule has 0 aromatic carbocycles. The number of hydrogen-bond acceptors (Lipinski definition) is 3. The van der Waals surface area contributed by atoms with Gasteiger partial charge in [0.15, 0.2) is 0 Å². The molecule has 0 spiro atoms. The first kappa shape index (κ1) is 13.9. The quantitative estimate of drug-likeness (QED) is 0.780. The number of nitrogens with two attached hydrogens (primary N) is 1. The van der Waals surface area contributed by atoms with Gasteiger partial charge in [-0.1, -0.05) is 13.8 Å². The van der Waals surface area contributed by atoms with Gasteiger partial charge in [0.25, 0.3) is 0 Å². The molecule has 1 aliphatic carbocycles. The second kappa shape index (κ2) is 5.99. The minimum Gasteiger partial charge on any atom is -0.381 e. The van der Waals surface area contributed by atoms with Gasteiger partial charge in [-0.05, 0) is 38.6 Å². The summed E-state index contributed by atoms with van der Waals surface area (Å²) in [6.07, 6.45) is 5.12. The molecule has 0 heterocycles. The highest BCUT2D eigenvalue weighted by atomic mass is 16.5. The van der Waals surface area contributed by atoms with Crippen LogP contribution in [-0.2, 0) is 4.74 Å². The van der Waals surface area contributed by atoms with Crippen molar-refractivity contribution in [2.75, 3.05) is 27.2 Å². The zero-order valence-electron chi connectivity index (χ0n) is 11.3. The van der Waals surface area contributed by atoms with Gasteiger partial charge in [0.2, 0.25) is 0 Å². The maximum absolute atomic E-state index is 6.03. The fourth-order valence-corrected chi connectivity index (χ4v) is 2.92. The number of ether oxygens (including phenoxy) is 1. The molecule has 0 aliphatic heterocycles. The van der Waals surface area contributed by atoms with E-state index in [0.717, 1.165) is 19.5 Å². The Kier molecular flexibility index (Phi) is 5.22. The van der Waals surface area contributed by atoms with Crippen LogP contribution < -0.4 is 5.73 Å². The molecule has 2 atom stereocenters. The lowest BCUT2D eigenvalue weighted by atomic mass is 9.78. The summed E-state index contributed by atoms with van der Waals surface area (Å²) in [7, 11) is 4.03. The lowest BCUT2D eigenvalue weighted by Crippen LogP contribution is -2.56. The summed E-state index contributed by atoms with van der Waals surface area (Å²) in [5.74, 6) is 0.691. The standard InChI is InChI=1S/C13H28N2O/c1-11(2)9-15(3)13(10-14)7-5-6-12(8-13)16-4/h11-12H,5-10,14H2,1-4H3. The second-order valence-corrected chi connectivity index (χ2v) is 5.66. The zero-order valence-corrected chi connectivity index (χ0v) is 11.3.